The summed E-state index contributed by atoms with van der Waals surface area (Å²) in [7, 11) is 5.11. The van der Waals surface area contributed by atoms with Crippen LogP contribution in [0.3, 0.4) is 0 Å². The summed E-state index contributed by atoms with van der Waals surface area (Å²) < 4.78 is 12.4. The van der Waals surface area contributed by atoms with Gasteiger partial charge in [0.2, 0.25) is 5.91 Å². The van der Waals surface area contributed by atoms with Crippen molar-refractivity contribution in [2.75, 3.05) is 40.4 Å². The van der Waals surface area contributed by atoms with E-state index in [0.29, 0.717) is 18.2 Å². The minimum absolute atomic E-state index is 0.0112. The highest BCUT2D eigenvalue weighted by atomic mass is 35.5. The number of nitrogens with zero attached hydrogens (tertiary/aromatic N) is 4. The van der Waals surface area contributed by atoms with Crippen LogP contribution >= 0.6 is 11.6 Å². The smallest absolute Gasteiger partial charge is 0.246 e. The second-order valence-electron chi connectivity index (χ2n) is 7.03. The first-order valence-corrected chi connectivity index (χ1v) is 9.90. The van der Waals surface area contributed by atoms with E-state index in [1.807, 2.05) is 30.0 Å². The maximum atomic E-state index is 12.6. The molecule has 29 heavy (non-hydrogen) atoms. The van der Waals surface area contributed by atoms with E-state index in [1.54, 1.807) is 38.1 Å². The van der Waals surface area contributed by atoms with Gasteiger partial charge in [-0.3, -0.25) is 14.4 Å². The first-order valence-electron chi connectivity index (χ1n) is 9.52. The van der Waals surface area contributed by atoms with Crippen molar-refractivity contribution in [3.05, 3.63) is 46.2 Å². The lowest BCUT2D eigenvalue weighted by Gasteiger charge is -2.34. The quantitative estimate of drug-likeness (QED) is 0.675. The van der Waals surface area contributed by atoms with Crippen LogP contribution in [-0.4, -0.2) is 65.9 Å². The summed E-state index contributed by atoms with van der Waals surface area (Å²) >= 11 is 6.22. The maximum absolute atomic E-state index is 12.6. The highest BCUT2D eigenvalue weighted by molar-refractivity contribution is 6.31. The molecular formula is C21H27ClN4O3. The summed E-state index contributed by atoms with van der Waals surface area (Å²) in [6, 6.07) is 5.81. The third kappa shape index (κ3) is 4.92. The predicted octanol–water partition coefficient (Wildman–Crippen LogP) is 2.76. The predicted molar refractivity (Wildman–Crippen MR) is 113 cm³/mol. The Kier molecular flexibility index (Phi) is 6.82. The van der Waals surface area contributed by atoms with Crippen molar-refractivity contribution >= 4 is 23.6 Å². The van der Waals surface area contributed by atoms with Crippen molar-refractivity contribution in [1.82, 2.24) is 19.6 Å². The Balaban J connectivity index is 1.58. The number of amides is 1. The van der Waals surface area contributed by atoms with E-state index in [-0.39, 0.29) is 5.91 Å². The standard InChI is InChI=1S/C21H27ClN4O3/c1-15-18(21(22)24(2)23-15)6-8-20(27)26-11-9-25(10-12-26)14-16-13-17(28-3)5-7-19(16)29-4/h5-8,13H,9-12,14H2,1-4H3/b8-6+. The van der Waals surface area contributed by atoms with Gasteiger partial charge in [0.15, 0.2) is 0 Å². The van der Waals surface area contributed by atoms with Gasteiger partial charge in [0, 0.05) is 57.0 Å². The number of aryl methyl sites for hydroxylation is 2. The fourth-order valence-corrected chi connectivity index (χ4v) is 3.71. The van der Waals surface area contributed by atoms with Crippen LogP contribution in [-0.2, 0) is 18.4 Å². The summed E-state index contributed by atoms with van der Waals surface area (Å²) in [5, 5.41) is 4.79. The van der Waals surface area contributed by atoms with Crippen LogP contribution in [0.15, 0.2) is 24.3 Å². The Hall–Kier alpha value is -2.51. The van der Waals surface area contributed by atoms with E-state index in [2.05, 4.69) is 10.00 Å². The highest BCUT2D eigenvalue weighted by Crippen LogP contribution is 2.26. The summed E-state index contributed by atoms with van der Waals surface area (Å²) in [4.78, 5) is 16.7. The number of methoxy groups -OCH3 is 2. The zero-order valence-corrected chi connectivity index (χ0v) is 18.1. The SMILES string of the molecule is COc1ccc(OC)c(CN2CCN(C(=O)/C=C/c3c(C)nn(C)c3Cl)CC2)c1. The normalized spacial score (nSPS) is 15.1. The van der Waals surface area contributed by atoms with Gasteiger partial charge in [0.1, 0.15) is 16.7 Å². The third-order valence-corrected chi connectivity index (χ3v) is 5.60. The fourth-order valence-electron chi connectivity index (χ4n) is 3.47. The van der Waals surface area contributed by atoms with E-state index in [1.165, 1.54) is 0 Å². The molecule has 1 aliphatic heterocycles. The van der Waals surface area contributed by atoms with Crippen LogP contribution in [0, 0.1) is 6.92 Å². The van der Waals surface area contributed by atoms with Crippen molar-refractivity contribution in [3.8, 4) is 11.5 Å². The van der Waals surface area contributed by atoms with Gasteiger partial charge in [0.25, 0.3) is 0 Å². The summed E-state index contributed by atoms with van der Waals surface area (Å²) in [5.41, 5.74) is 2.66. The second-order valence-corrected chi connectivity index (χ2v) is 7.38. The minimum Gasteiger partial charge on any atom is -0.497 e. The molecular weight excluding hydrogens is 392 g/mol. The molecule has 1 aliphatic rings. The molecule has 0 aliphatic carbocycles. The Morgan fingerprint density at radius 2 is 1.93 bits per heavy atom. The van der Waals surface area contributed by atoms with Gasteiger partial charge in [-0.15, -0.1) is 0 Å². The zero-order chi connectivity index (χ0) is 21.0. The van der Waals surface area contributed by atoms with Crippen LogP contribution in [0.4, 0.5) is 0 Å². The minimum atomic E-state index is -0.0112. The Labute approximate surface area is 176 Å². The molecule has 2 heterocycles. The van der Waals surface area contributed by atoms with Gasteiger partial charge in [-0.2, -0.15) is 5.10 Å². The van der Waals surface area contributed by atoms with Crippen molar-refractivity contribution in [2.45, 2.75) is 13.5 Å². The molecule has 1 aromatic carbocycles. The van der Waals surface area contributed by atoms with Crippen LogP contribution in [0.5, 0.6) is 11.5 Å². The monoisotopic (exact) mass is 418 g/mol. The number of hydrogen-bond acceptors (Lipinski definition) is 5. The van der Waals surface area contributed by atoms with Crippen molar-refractivity contribution in [1.29, 1.82) is 0 Å². The average molecular weight is 419 g/mol. The number of ether oxygens (including phenoxy) is 2. The molecule has 0 bridgehead atoms. The molecule has 0 unspecified atom stereocenters. The van der Waals surface area contributed by atoms with E-state index < -0.39 is 0 Å². The number of aromatic nitrogens is 2. The third-order valence-electron chi connectivity index (χ3n) is 5.15. The lowest BCUT2D eigenvalue weighted by atomic mass is 10.1. The summed E-state index contributed by atoms with van der Waals surface area (Å²) in [6.45, 7) is 5.58. The summed E-state index contributed by atoms with van der Waals surface area (Å²) in [5.74, 6) is 1.64. The molecule has 1 amide bonds. The van der Waals surface area contributed by atoms with Crippen molar-refractivity contribution in [2.24, 2.45) is 7.05 Å². The maximum Gasteiger partial charge on any atom is 0.246 e. The lowest BCUT2D eigenvalue weighted by Crippen LogP contribution is -2.47. The Bertz CT molecular complexity index is 902. The van der Waals surface area contributed by atoms with Gasteiger partial charge >= 0.3 is 0 Å². The highest BCUT2D eigenvalue weighted by Gasteiger charge is 2.21. The number of piperazine rings is 1. The van der Waals surface area contributed by atoms with Gasteiger partial charge < -0.3 is 14.4 Å². The van der Waals surface area contributed by atoms with Crippen molar-refractivity contribution < 1.29 is 14.3 Å². The fraction of sp³-hybridized carbons (Fsp3) is 0.429. The van der Waals surface area contributed by atoms with E-state index in [0.717, 1.165) is 48.0 Å². The number of halogens is 1. The van der Waals surface area contributed by atoms with E-state index in [9.17, 15) is 4.79 Å². The Morgan fingerprint density at radius 3 is 2.52 bits per heavy atom. The first kappa shape index (κ1) is 21.2. The van der Waals surface area contributed by atoms with Crippen LogP contribution in [0.2, 0.25) is 5.15 Å². The van der Waals surface area contributed by atoms with E-state index >= 15 is 0 Å². The molecule has 1 fully saturated rings. The van der Waals surface area contributed by atoms with E-state index in [4.69, 9.17) is 21.1 Å². The van der Waals surface area contributed by atoms with Gasteiger partial charge in [-0.1, -0.05) is 11.6 Å². The number of hydrogen-bond donors (Lipinski definition) is 0. The molecule has 3 rings (SSSR count). The van der Waals surface area contributed by atoms with Crippen LogP contribution < -0.4 is 9.47 Å². The lowest BCUT2D eigenvalue weighted by molar-refractivity contribution is -0.127. The van der Waals surface area contributed by atoms with Gasteiger partial charge in [-0.25, -0.2) is 0 Å². The molecule has 1 aromatic heterocycles. The zero-order valence-electron chi connectivity index (χ0n) is 17.3. The first-order chi connectivity index (χ1) is 13.9. The number of benzene rings is 1. The Morgan fingerprint density at radius 1 is 1.21 bits per heavy atom. The molecule has 1 saturated heterocycles. The number of carbonyl (C=O) groups excluding carboxylic acids is 1. The molecule has 7 nitrogen and oxygen atoms in total. The van der Waals surface area contributed by atoms with Gasteiger partial charge in [-0.05, 0) is 31.2 Å². The topological polar surface area (TPSA) is 59.8 Å². The molecule has 156 valence electrons. The molecule has 0 saturated carbocycles. The van der Waals surface area contributed by atoms with Crippen molar-refractivity contribution in [3.63, 3.8) is 0 Å². The number of rotatable bonds is 6. The molecule has 0 spiro atoms. The molecule has 2 aromatic rings. The molecule has 8 heteroatoms. The van der Waals surface area contributed by atoms with Crippen LogP contribution in [0.25, 0.3) is 6.08 Å². The van der Waals surface area contributed by atoms with Crippen LogP contribution in [0.1, 0.15) is 16.8 Å². The second kappa shape index (κ2) is 9.33. The molecule has 0 radical (unpaired) electrons. The number of carbonyl (C=O) groups is 1. The average Bonchev–Trinajstić information content (AvgIpc) is 2.97. The summed E-state index contributed by atoms with van der Waals surface area (Å²) in [6.07, 6.45) is 3.33. The largest absolute Gasteiger partial charge is 0.497 e. The molecule has 0 N–H and O–H groups in total. The molecule has 0 atom stereocenters. The van der Waals surface area contributed by atoms with Gasteiger partial charge in [0.05, 0.1) is 19.9 Å².